The first-order chi connectivity index (χ1) is 6.48. The number of alkyl halides is 3. The highest BCUT2D eigenvalue weighted by Gasteiger charge is 2.44. The van der Waals surface area contributed by atoms with E-state index in [-0.39, 0.29) is 5.92 Å². The molecular weight excluding hydrogens is 203 g/mol. The van der Waals surface area contributed by atoms with E-state index in [9.17, 15) is 13.2 Å². The number of hydrogen-bond acceptors (Lipinski definition) is 1. The lowest BCUT2D eigenvalue weighted by Crippen LogP contribution is -2.57. The second-order valence-electron chi connectivity index (χ2n) is 5.28. The van der Waals surface area contributed by atoms with E-state index in [0.29, 0.717) is 0 Å². The first-order valence-corrected chi connectivity index (χ1v) is 5.33. The number of hydrogen-bond donors (Lipinski definition) is 1. The van der Waals surface area contributed by atoms with Crippen molar-refractivity contribution in [1.82, 2.24) is 5.32 Å². The summed E-state index contributed by atoms with van der Waals surface area (Å²) in [5.41, 5.74) is -0.509. The molecule has 0 spiro atoms. The molecule has 0 radical (unpaired) electrons. The molecule has 1 N–H and O–H groups in total. The van der Waals surface area contributed by atoms with Crippen LogP contribution in [0.25, 0.3) is 0 Å². The molecule has 92 valence electrons. The Bertz CT molecular complexity index is 194. The highest BCUT2D eigenvalue weighted by Crippen LogP contribution is 2.29. The van der Waals surface area contributed by atoms with Crippen LogP contribution in [0.4, 0.5) is 13.2 Å². The van der Waals surface area contributed by atoms with Crippen LogP contribution in [-0.2, 0) is 0 Å². The molecule has 0 aromatic rings. The average Bonchev–Trinajstić information content (AvgIpc) is 1.97. The number of nitrogens with one attached hydrogen (secondary N) is 1. The Labute approximate surface area is 90.4 Å². The van der Waals surface area contributed by atoms with Gasteiger partial charge in [0.05, 0.1) is 0 Å². The fraction of sp³-hybridized carbons (Fsp3) is 1.00. The average molecular weight is 225 g/mol. The molecule has 0 aromatic carbocycles. The van der Waals surface area contributed by atoms with Crippen molar-refractivity contribution in [2.75, 3.05) is 0 Å². The summed E-state index contributed by atoms with van der Waals surface area (Å²) in [4.78, 5) is 0. The minimum absolute atomic E-state index is 0.154. The van der Waals surface area contributed by atoms with Gasteiger partial charge in [0.25, 0.3) is 0 Å². The van der Waals surface area contributed by atoms with Gasteiger partial charge in [-0.15, -0.1) is 0 Å². The molecule has 0 unspecified atom stereocenters. The lowest BCUT2D eigenvalue weighted by molar-refractivity contribution is -0.171. The van der Waals surface area contributed by atoms with E-state index >= 15 is 0 Å². The van der Waals surface area contributed by atoms with Gasteiger partial charge in [0.2, 0.25) is 0 Å². The largest absolute Gasteiger partial charge is 0.404 e. The molecular formula is C11H22F3N. The third-order valence-corrected chi connectivity index (χ3v) is 2.99. The second kappa shape index (κ2) is 4.73. The fourth-order valence-electron chi connectivity index (χ4n) is 1.19. The van der Waals surface area contributed by atoms with E-state index in [1.54, 1.807) is 27.7 Å². The minimum Gasteiger partial charge on any atom is -0.301 e. The van der Waals surface area contributed by atoms with Crippen molar-refractivity contribution >= 4 is 0 Å². The second-order valence-corrected chi connectivity index (χ2v) is 5.28. The monoisotopic (exact) mass is 225 g/mol. The molecule has 0 fully saturated rings. The quantitative estimate of drug-likeness (QED) is 0.771. The summed E-state index contributed by atoms with van der Waals surface area (Å²) in [6.07, 6.45) is -4.18. The van der Waals surface area contributed by atoms with Crippen LogP contribution in [0.15, 0.2) is 0 Å². The van der Waals surface area contributed by atoms with Crippen molar-refractivity contribution in [3.63, 3.8) is 0 Å². The first-order valence-electron chi connectivity index (χ1n) is 5.33. The Morgan fingerprint density at radius 2 is 1.33 bits per heavy atom. The van der Waals surface area contributed by atoms with Gasteiger partial charge in [-0.3, -0.25) is 0 Å². The van der Waals surface area contributed by atoms with E-state index in [4.69, 9.17) is 0 Å². The molecule has 15 heavy (non-hydrogen) atoms. The minimum atomic E-state index is -4.18. The van der Waals surface area contributed by atoms with Gasteiger partial charge < -0.3 is 5.32 Å². The smallest absolute Gasteiger partial charge is 0.301 e. The molecule has 0 aliphatic heterocycles. The van der Waals surface area contributed by atoms with E-state index < -0.39 is 23.7 Å². The van der Waals surface area contributed by atoms with Crippen LogP contribution >= 0.6 is 0 Å². The maximum Gasteiger partial charge on any atom is 0.404 e. The van der Waals surface area contributed by atoms with Gasteiger partial charge >= 0.3 is 6.18 Å². The van der Waals surface area contributed by atoms with Crippen LogP contribution in [0.3, 0.4) is 0 Å². The van der Waals surface area contributed by atoms with Gasteiger partial charge in [0, 0.05) is 5.54 Å². The van der Waals surface area contributed by atoms with Crippen LogP contribution in [-0.4, -0.2) is 17.8 Å². The molecule has 1 nitrogen and oxygen atoms in total. The van der Waals surface area contributed by atoms with Gasteiger partial charge in [-0.05, 0) is 25.7 Å². The van der Waals surface area contributed by atoms with Gasteiger partial charge in [0.1, 0.15) is 6.04 Å². The summed E-state index contributed by atoms with van der Waals surface area (Å²) in [6.45, 7) is 10.6. The van der Waals surface area contributed by atoms with Crippen molar-refractivity contribution in [3.8, 4) is 0 Å². The SMILES string of the molecule is CC(C)[C@H](NC(C)(C)C(C)C)C(F)(F)F. The molecule has 0 aromatic heterocycles. The Hall–Kier alpha value is -0.250. The van der Waals surface area contributed by atoms with Crippen LogP contribution in [0, 0.1) is 11.8 Å². The standard InChI is InChI=1S/C11H22F3N/c1-7(2)9(11(12,13)14)15-10(5,6)8(3)4/h7-9,15H,1-6H3/t9-/m0/s1. The summed E-state index contributed by atoms with van der Waals surface area (Å²) in [7, 11) is 0. The van der Waals surface area contributed by atoms with E-state index in [1.165, 1.54) is 0 Å². The molecule has 0 saturated heterocycles. The Kier molecular flexibility index (Phi) is 4.65. The first kappa shape index (κ1) is 14.8. The van der Waals surface area contributed by atoms with E-state index in [0.717, 1.165) is 0 Å². The van der Waals surface area contributed by atoms with E-state index in [1.807, 2.05) is 13.8 Å². The zero-order chi connectivity index (χ0) is 12.4. The molecule has 0 aliphatic carbocycles. The highest BCUT2D eigenvalue weighted by molar-refractivity contribution is 4.89. The Balaban J connectivity index is 4.71. The third kappa shape index (κ3) is 4.41. The summed E-state index contributed by atoms with van der Waals surface area (Å²) >= 11 is 0. The molecule has 0 heterocycles. The van der Waals surface area contributed by atoms with Gasteiger partial charge in [-0.1, -0.05) is 27.7 Å². The lowest BCUT2D eigenvalue weighted by atomic mass is 9.88. The molecule has 0 saturated carbocycles. The zero-order valence-corrected chi connectivity index (χ0v) is 10.4. The van der Waals surface area contributed by atoms with Gasteiger partial charge in [-0.25, -0.2) is 0 Å². The van der Waals surface area contributed by atoms with Crippen molar-refractivity contribution in [3.05, 3.63) is 0 Å². The van der Waals surface area contributed by atoms with Crippen molar-refractivity contribution in [2.24, 2.45) is 11.8 Å². The molecule has 0 amide bonds. The predicted octanol–water partition coefficient (Wildman–Crippen LogP) is 3.60. The molecule has 0 rings (SSSR count). The third-order valence-electron chi connectivity index (χ3n) is 2.99. The highest BCUT2D eigenvalue weighted by atomic mass is 19.4. The summed E-state index contributed by atoms with van der Waals surface area (Å²) in [5.74, 6) is -0.302. The normalized spacial score (nSPS) is 16.2. The van der Waals surface area contributed by atoms with Crippen LogP contribution in [0.1, 0.15) is 41.5 Å². The summed E-state index contributed by atoms with van der Waals surface area (Å²) < 4.78 is 38.1. The maximum atomic E-state index is 12.7. The topological polar surface area (TPSA) is 12.0 Å². The van der Waals surface area contributed by atoms with Crippen molar-refractivity contribution in [2.45, 2.75) is 59.3 Å². The predicted molar refractivity (Wildman–Crippen MR) is 56.7 cm³/mol. The van der Waals surface area contributed by atoms with Crippen molar-refractivity contribution in [1.29, 1.82) is 0 Å². The van der Waals surface area contributed by atoms with Crippen molar-refractivity contribution < 1.29 is 13.2 Å². The Morgan fingerprint density at radius 3 is 1.53 bits per heavy atom. The van der Waals surface area contributed by atoms with Crippen LogP contribution in [0.2, 0.25) is 0 Å². The number of rotatable bonds is 4. The van der Waals surface area contributed by atoms with Gasteiger partial charge in [-0.2, -0.15) is 13.2 Å². The van der Waals surface area contributed by atoms with E-state index in [2.05, 4.69) is 5.32 Å². The fourth-order valence-corrected chi connectivity index (χ4v) is 1.19. The molecule has 1 atom stereocenters. The molecule has 4 heteroatoms. The lowest BCUT2D eigenvalue weighted by Gasteiger charge is -2.37. The maximum absolute atomic E-state index is 12.7. The van der Waals surface area contributed by atoms with Crippen LogP contribution < -0.4 is 5.32 Å². The Morgan fingerprint density at radius 1 is 0.933 bits per heavy atom. The van der Waals surface area contributed by atoms with Gasteiger partial charge in [0.15, 0.2) is 0 Å². The summed E-state index contributed by atoms with van der Waals surface area (Å²) in [5, 5.41) is 2.71. The zero-order valence-electron chi connectivity index (χ0n) is 10.4. The summed E-state index contributed by atoms with van der Waals surface area (Å²) in [6, 6.07) is -1.44. The molecule has 0 aliphatic rings. The van der Waals surface area contributed by atoms with Crippen LogP contribution in [0.5, 0.6) is 0 Å². The number of halogens is 3. The molecule has 0 bridgehead atoms.